The Labute approximate surface area is 126 Å². The topological polar surface area (TPSA) is 77.1 Å². The zero-order chi connectivity index (χ0) is 14.6. The van der Waals surface area contributed by atoms with Crippen LogP contribution < -0.4 is 11.1 Å². The Balaban J connectivity index is 0.00000361. The lowest BCUT2D eigenvalue weighted by molar-refractivity contribution is 0.0925. The highest BCUT2D eigenvalue weighted by atomic mass is 35.5. The number of ketones is 1. The molecule has 0 fully saturated rings. The number of carbonyl (C=O) groups is 2. The maximum atomic E-state index is 12.2. The minimum absolute atomic E-state index is 0. The van der Waals surface area contributed by atoms with Crippen LogP contribution in [0.2, 0.25) is 0 Å². The van der Waals surface area contributed by atoms with Crippen LogP contribution in [0.1, 0.15) is 48.0 Å². The van der Waals surface area contributed by atoms with Crippen molar-refractivity contribution in [3.8, 4) is 0 Å². The Morgan fingerprint density at radius 1 is 1.40 bits per heavy atom. The Hall–Kier alpha value is -1.33. The van der Waals surface area contributed by atoms with Crippen molar-refractivity contribution in [3.05, 3.63) is 23.5 Å². The monoisotopic (exact) mass is 301 g/mol. The molecule has 1 aromatic rings. The Morgan fingerprint density at radius 3 is 2.40 bits per heavy atom. The molecule has 3 N–H and O–H groups in total. The summed E-state index contributed by atoms with van der Waals surface area (Å²) in [7, 11) is 1.75. The summed E-state index contributed by atoms with van der Waals surface area (Å²) in [4.78, 5) is 23.4. The van der Waals surface area contributed by atoms with E-state index in [0.717, 1.165) is 6.42 Å². The highest BCUT2D eigenvalue weighted by Gasteiger charge is 2.17. The second-order valence-electron chi connectivity index (χ2n) is 5.32. The molecular formula is C14H24ClN3O2. The molecule has 6 heteroatoms. The zero-order valence-electron chi connectivity index (χ0n) is 12.5. The van der Waals surface area contributed by atoms with Crippen LogP contribution >= 0.6 is 12.4 Å². The van der Waals surface area contributed by atoms with Crippen molar-refractivity contribution in [3.63, 3.8) is 0 Å². The molecule has 1 heterocycles. The van der Waals surface area contributed by atoms with E-state index in [2.05, 4.69) is 19.2 Å². The van der Waals surface area contributed by atoms with Gasteiger partial charge in [0.2, 0.25) is 0 Å². The summed E-state index contributed by atoms with van der Waals surface area (Å²) in [6.07, 6.45) is 2.50. The number of nitrogens with zero attached hydrogens (tertiary/aromatic N) is 1. The van der Waals surface area contributed by atoms with Gasteiger partial charge in [0.1, 0.15) is 5.69 Å². The van der Waals surface area contributed by atoms with Gasteiger partial charge in [0, 0.05) is 31.4 Å². The maximum absolute atomic E-state index is 12.2. The van der Waals surface area contributed by atoms with Gasteiger partial charge in [-0.15, -0.1) is 12.4 Å². The van der Waals surface area contributed by atoms with Crippen LogP contribution in [-0.2, 0) is 7.05 Å². The lowest BCUT2D eigenvalue weighted by Gasteiger charge is -2.18. The van der Waals surface area contributed by atoms with Crippen molar-refractivity contribution < 1.29 is 9.59 Å². The molecule has 5 nitrogen and oxygen atoms in total. The van der Waals surface area contributed by atoms with Crippen LogP contribution in [0, 0.1) is 5.92 Å². The first-order valence-electron chi connectivity index (χ1n) is 6.53. The van der Waals surface area contributed by atoms with E-state index < -0.39 is 0 Å². The third kappa shape index (κ3) is 4.98. The van der Waals surface area contributed by atoms with Crippen LogP contribution in [0.25, 0.3) is 0 Å². The molecule has 1 unspecified atom stereocenters. The highest BCUT2D eigenvalue weighted by molar-refractivity contribution is 5.99. The van der Waals surface area contributed by atoms with Gasteiger partial charge in [0.25, 0.3) is 5.91 Å². The van der Waals surface area contributed by atoms with Crippen LogP contribution in [0.5, 0.6) is 0 Å². The van der Waals surface area contributed by atoms with E-state index >= 15 is 0 Å². The summed E-state index contributed by atoms with van der Waals surface area (Å²) in [6.45, 7) is 6.07. The predicted octanol–water partition coefficient (Wildman–Crippen LogP) is 1.75. The fraction of sp³-hybridized carbons (Fsp3) is 0.571. The minimum atomic E-state index is -0.189. The van der Waals surface area contributed by atoms with E-state index in [1.54, 1.807) is 23.9 Å². The number of nitrogens with two attached hydrogens (primary N) is 1. The van der Waals surface area contributed by atoms with Gasteiger partial charge in [0.05, 0.1) is 0 Å². The van der Waals surface area contributed by atoms with Gasteiger partial charge in [-0.25, -0.2) is 0 Å². The van der Waals surface area contributed by atoms with E-state index in [1.165, 1.54) is 6.92 Å². The minimum Gasteiger partial charge on any atom is -0.347 e. The SMILES string of the molecule is CC(=O)c1cc(C(=O)NC(CN)CC(C)C)n(C)c1.Cl. The molecule has 0 bridgehead atoms. The standard InChI is InChI=1S/C14H23N3O2.ClH/c1-9(2)5-12(7-15)16-14(19)13-6-11(10(3)18)8-17(13)4;/h6,8-9,12H,5,7,15H2,1-4H3,(H,16,19);1H. The number of aryl methyl sites for hydroxylation is 1. The van der Waals surface area contributed by atoms with E-state index in [1.807, 2.05) is 0 Å². The second kappa shape index (κ2) is 8.07. The third-order valence-electron chi connectivity index (χ3n) is 3.02. The van der Waals surface area contributed by atoms with E-state index in [4.69, 9.17) is 5.73 Å². The summed E-state index contributed by atoms with van der Waals surface area (Å²) in [5, 5.41) is 2.91. The molecule has 1 aromatic heterocycles. The maximum Gasteiger partial charge on any atom is 0.268 e. The Morgan fingerprint density at radius 2 is 2.00 bits per heavy atom. The molecule has 1 amide bonds. The van der Waals surface area contributed by atoms with Crippen molar-refractivity contribution in [1.82, 2.24) is 9.88 Å². The Kier molecular flexibility index (Phi) is 7.53. The molecule has 1 rings (SSSR count). The predicted molar refractivity (Wildman–Crippen MR) is 82.4 cm³/mol. The molecule has 0 aliphatic rings. The fourth-order valence-electron chi connectivity index (χ4n) is 2.03. The number of nitrogens with one attached hydrogen (secondary N) is 1. The number of amides is 1. The summed E-state index contributed by atoms with van der Waals surface area (Å²) >= 11 is 0. The molecule has 0 aromatic carbocycles. The van der Waals surface area contributed by atoms with Crippen LogP contribution in [-0.4, -0.2) is 28.8 Å². The molecule has 114 valence electrons. The lowest BCUT2D eigenvalue weighted by atomic mass is 10.0. The van der Waals surface area contributed by atoms with Crippen molar-refractivity contribution in [1.29, 1.82) is 0 Å². The summed E-state index contributed by atoms with van der Waals surface area (Å²) in [6, 6.07) is 1.57. The van der Waals surface area contributed by atoms with E-state index in [0.29, 0.717) is 23.7 Å². The number of aromatic nitrogens is 1. The zero-order valence-corrected chi connectivity index (χ0v) is 13.3. The number of hydrogen-bond donors (Lipinski definition) is 2. The second-order valence-corrected chi connectivity index (χ2v) is 5.32. The average Bonchev–Trinajstić information content (AvgIpc) is 2.70. The van der Waals surface area contributed by atoms with Crippen molar-refractivity contribution in [2.75, 3.05) is 6.54 Å². The van der Waals surface area contributed by atoms with Crippen LogP contribution in [0.3, 0.4) is 0 Å². The quantitative estimate of drug-likeness (QED) is 0.786. The first-order chi connectivity index (χ1) is 8.85. The van der Waals surface area contributed by atoms with Gasteiger partial charge in [0.15, 0.2) is 5.78 Å². The molecule has 0 saturated heterocycles. The number of halogens is 1. The molecule has 0 aliphatic heterocycles. The highest BCUT2D eigenvalue weighted by Crippen LogP contribution is 2.10. The fourth-order valence-corrected chi connectivity index (χ4v) is 2.03. The average molecular weight is 302 g/mol. The summed E-state index contributed by atoms with van der Waals surface area (Å²) < 4.78 is 1.66. The molecule has 0 aliphatic carbocycles. The lowest BCUT2D eigenvalue weighted by Crippen LogP contribution is -2.41. The van der Waals surface area contributed by atoms with Crippen LogP contribution in [0.15, 0.2) is 12.3 Å². The van der Waals surface area contributed by atoms with Crippen LogP contribution in [0.4, 0.5) is 0 Å². The Bertz CT molecular complexity index is 469. The number of Topliss-reactive ketones (excluding diaryl/α,β-unsaturated/α-hetero) is 1. The smallest absolute Gasteiger partial charge is 0.268 e. The molecule has 0 saturated carbocycles. The van der Waals surface area contributed by atoms with Gasteiger partial charge in [-0.1, -0.05) is 13.8 Å². The number of hydrogen-bond acceptors (Lipinski definition) is 3. The van der Waals surface area contributed by atoms with E-state index in [-0.39, 0.29) is 30.1 Å². The van der Waals surface area contributed by atoms with Crippen molar-refractivity contribution >= 4 is 24.1 Å². The van der Waals surface area contributed by atoms with Gasteiger partial charge >= 0.3 is 0 Å². The van der Waals surface area contributed by atoms with Gasteiger partial charge in [-0.05, 0) is 25.3 Å². The van der Waals surface area contributed by atoms with E-state index in [9.17, 15) is 9.59 Å². The summed E-state index contributed by atoms with van der Waals surface area (Å²) in [5.41, 5.74) is 6.68. The normalized spacial score (nSPS) is 11.9. The van der Waals surface area contributed by atoms with Crippen molar-refractivity contribution in [2.45, 2.75) is 33.2 Å². The number of rotatable bonds is 6. The summed E-state index contributed by atoms with van der Waals surface area (Å²) in [5.74, 6) is 0.230. The van der Waals surface area contributed by atoms with Gasteiger partial charge in [-0.3, -0.25) is 9.59 Å². The molecule has 20 heavy (non-hydrogen) atoms. The first-order valence-corrected chi connectivity index (χ1v) is 6.53. The molecular weight excluding hydrogens is 278 g/mol. The van der Waals surface area contributed by atoms with Gasteiger partial charge < -0.3 is 15.6 Å². The number of carbonyl (C=O) groups excluding carboxylic acids is 2. The van der Waals surface area contributed by atoms with Crippen molar-refractivity contribution in [2.24, 2.45) is 18.7 Å². The third-order valence-corrected chi connectivity index (χ3v) is 3.02. The van der Waals surface area contributed by atoms with Gasteiger partial charge in [-0.2, -0.15) is 0 Å². The molecule has 1 atom stereocenters. The molecule has 0 radical (unpaired) electrons. The molecule has 0 spiro atoms. The largest absolute Gasteiger partial charge is 0.347 e. The first kappa shape index (κ1) is 18.7.